The highest BCUT2D eigenvalue weighted by atomic mass is 35.5. The van der Waals surface area contributed by atoms with Crippen molar-refractivity contribution in [2.45, 2.75) is 109 Å². The Balaban J connectivity index is 0.707. The molecule has 2 fully saturated rings. The van der Waals surface area contributed by atoms with Crippen LogP contribution < -0.4 is 52.0 Å². The van der Waals surface area contributed by atoms with Crippen molar-refractivity contribution in [3.05, 3.63) is 130 Å². The van der Waals surface area contributed by atoms with Crippen LogP contribution in [-0.2, 0) is 39.1 Å². The van der Waals surface area contributed by atoms with Gasteiger partial charge in [-0.15, -0.1) is 0 Å². The van der Waals surface area contributed by atoms with Gasteiger partial charge in [0.15, 0.2) is 0 Å². The molecule has 95 heavy (non-hydrogen) atoms. The summed E-state index contributed by atoms with van der Waals surface area (Å²) in [6, 6.07) is 17.1. The van der Waals surface area contributed by atoms with Gasteiger partial charge in [0.05, 0.1) is 83.1 Å². The first-order chi connectivity index (χ1) is 45.0. The number of aryl methyl sites for hydroxylation is 2. The molecule has 2 aromatic heterocycles. The molecular formula is C64H82ClF2N15O11S2. The standard InChI is InChI=1S/C64H82ClF2N15O11S2/c1-39-37-70-61(78-56(39)72-46-11-14-51(65)54(36-46)81-95(89,90)64(6,7)8)76-44-10-13-50(53(67)35-44)60(86)75-43-17-23-82(24-18-43)55(83)19-25-91-27-29-93-30-28-92-26-22-69-58(84)41-31-47(33-48(32-41)80-94(87,88)63(3,4)5)73-57-40(2)38-71-62(79-57)77-45-9-12-49(52(66)34-45)59(85)74-42-15-20-68-21-16-42/h9-14,31-38,42-43,68,80-81H,15-30H2,1-8H3,(H,69,84)(H,74,85)(H,75,86)(H2,70,72,76,78)(H2,71,73,77,79). The molecule has 4 heterocycles. The number of aromatic nitrogens is 4. The second-order valence-electron chi connectivity index (χ2n) is 24.7. The van der Waals surface area contributed by atoms with Gasteiger partial charge in [0.1, 0.15) is 23.3 Å². The molecule has 31 heteroatoms. The van der Waals surface area contributed by atoms with Crippen LogP contribution in [0, 0.1) is 25.5 Å². The number of sulfonamides is 2. The lowest BCUT2D eigenvalue weighted by atomic mass is 10.0. The molecular weight excluding hydrogens is 1290 g/mol. The normalized spacial score (nSPS) is 14.2. The average Bonchev–Trinajstić information content (AvgIpc) is 0.833. The highest BCUT2D eigenvalue weighted by Gasteiger charge is 2.32. The van der Waals surface area contributed by atoms with E-state index in [1.807, 2.05) is 0 Å². The average molecular weight is 1380 g/mol. The number of hydrogen-bond donors (Lipinski definition) is 10. The summed E-state index contributed by atoms with van der Waals surface area (Å²) >= 11 is 6.32. The molecule has 512 valence electrons. The van der Waals surface area contributed by atoms with Crippen molar-refractivity contribution in [1.29, 1.82) is 0 Å². The van der Waals surface area contributed by atoms with E-state index in [2.05, 4.69) is 71.9 Å². The Kier molecular flexibility index (Phi) is 24.7. The third-order valence-electron chi connectivity index (χ3n) is 15.3. The fourth-order valence-corrected chi connectivity index (χ4v) is 11.2. The molecule has 4 aromatic carbocycles. The molecule has 4 amide bonds. The third kappa shape index (κ3) is 20.8. The maximum absolute atomic E-state index is 15.4. The molecule has 0 bridgehead atoms. The molecule has 0 radical (unpaired) electrons. The van der Waals surface area contributed by atoms with Crippen LogP contribution in [0.15, 0.2) is 85.2 Å². The van der Waals surface area contributed by atoms with Gasteiger partial charge in [-0.3, -0.25) is 28.6 Å². The van der Waals surface area contributed by atoms with E-state index in [1.165, 1.54) is 48.7 Å². The maximum atomic E-state index is 15.4. The summed E-state index contributed by atoms with van der Waals surface area (Å²) in [5.41, 5.74) is 2.82. The van der Waals surface area contributed by atoms with Crippen LogP contribution >= 0.6 is 11.6 Å². The number of anilines is 10. The van der Waals surface area contributed by atoms with Crippen molar-refractivity contribution >= 4 is 113 Å². The monoisotopic (exact) mass is 1370 g/mol. The minimum Gasteiger partial charge on any atom is -0.379 e. The van der Waals surface area contributed by atoms with Crippen molar-refractivity contribution in [3.63, 3.8) is 0 Å². The minimum absolute atomic E-state index is 0.0422. The second kappa shape index (κ2) is 32.4. The van der Waals surface area contributed by atoms with Crippen LogP contribution in [0.4, 0.5) is 66.4 Å². The van der Waals surface area contributed by atoms with E-state index in [0.29, 0.717) is 65.8 Å². The van der Waals surface area contributed by atoms with Gasteiger partial charge in [0, 0.05) is 83.6 Å². The van der Waals surface area contributed by atoms with Gasteiger partial charge in [-0.25, -0.2) is 35.6 Å². The first-order valence-corrected chi connectivity index (χ1v) is 34.3. The lowest BCUT2D eigenvalue weighted by Crippen LogP contribution is -2.46. The number of halogens is 3. The van der Waals surface area contributed by atoms with Gasteiger partial charge < -0.3 is 61.6 Å². The van der Waals surface area contributed by atoms with Crippen molar-refractivity contribution in [2.24, 2.45) is 0 Å². The maximum Gasteiger partial charge on any atom is 0.254 e. The zero-order chi connectivity index (χ0) is 68.7. The predicted octanol–water partition coefficient (Wildman–Crippen LogP) is 8.94. The molecule has 0 aliphatic carbocycles. The first-order valence-electron chi connectivity index (χ1n) is 31.0. The molecule has 0 spiro atoms. The van der Waals surface area contributed by atoms with Gasteiger partial charge in [0.2, 0.25) is 37.9 Å². The lowest BCUT2D eigenvalue weighted by Gasteiger charge is -2.32. The fourth-order valence-electron chi connectivity index (χ4n) is 9.48. The van der Waals surface area contributed by atoms with Gasteiger partial charge in [-0.05, 0) is 167 Å². The zero-order valence-electron chi connectivity index (χ0n) is 54.2. The highest BCUT2D eigenvalue weighted by Crippen LogP contribution is 2.33. The summed E-state index contributed by atoms with van der Waals surface area (Å²) in [5, 5.41) is 24.2. The largest absolute Gasteiger partial charge is 0.379 e. The van der Waals surface area contributed by atoms with Crippen LogP contribution in [0.2, 0.25) is 5.02 Å². The second-order valence-corrected chi connectivity index (χ2v) is 30.0. The number of carbonyl (C=O) groups excluding carboxylic acids is 4. The molecule has 26 nitrogen and oxygen atoms in total. The molecule has 0 atom stereocenters. The summed E-state index contributed by atoms with van der Waals surface area (Å²) < 4.78 is 103. The molecule has 0 saturated carbocycles. The summed E-state index contributed by atoms with van der Waals surface area (Å²) in [4.78, 5) is 72.0. The predicted molar refractivity (Wildman–Crippen MR) is 362 cm³/mol. The van der Waals surface area contributed by atoms with E-state index in [4.69, 9.17) is 25.8 Å². The van der Waals surface area contributed by atoms with E-state index in [0.717, 1.165) is 32.0 Å². The lowest BCUT2D eigenvalue weighted by molar-refractivity contribution is -0.133. The van der Waals surface area contributed by atoms with Crippen molar-refractivity contribution in [2.75, 3.05) is 103 Å². The quantitative estimate of drug-likeness (QED) is 0.0196. The summed E-state index contributed by atoms with van der Waals surface area (Å²) in [6.45, 7) is 16.6. The van der Waals surface area contributed by atoms with E-state index in [1.54, 1.807) is 90.8 Å². The Hall–Kier alpha value is -8.39. The first kappa shape index (κ1) is 72.4. The Bertz CT molecular complexity index is 3960. The molecule has 2 aliphatic rings. The Morgan fingerprint density at radius 1 is 0.579 bits per heavy atom. The van der Waals surface area contributed by atoms with Crippen LogP contribution in [-0.4, -0.2) is 159 Å². The van der Waals surface area contributed by atoms with Crippen molar-refractivity contribution in [3.8, 4) is 0 Å². The number of carbonyl (C=O) groups is 4. The Morgan fingerprint density at radius 3 is 1.59 bits per heavy atom. The van der Waals surface area contributed by atoms with Crippen LogP contribution in [0.1, 0.15) is 116 Å². The molecule has 2 saturated heterocycles. The SMILES string of the molecule is Cc1cnc(Nc2ccc(C(=O)NC3CCNCC3)c(F)c2)nc1Nc1cc(NS(=O)(=O)C(C)(C)C)cc(C(=O)NCCOCCOCCOCCC(=O)N2CCC(NC(=O)c3ccc(Nc4ncc(C)c(Nc5ccc(Cl)c(NS(=O)(=O)C(C)(C)C)c5)n4)cc3F)CC2)c1. The summed E-state index contributed by atoms with van der Waals surface area (Å²) in [5.74, 6) is -2.28. The zero-order valence-corrected chi connectivity index (χ0v) is 56.6. The van der Waals surface area contributed by atoms with Crippen molar-refractivity contribution in [1.82, 2.24) is 46.1 Å². The van der Waals surface area contributed by atoms with Crippen LogP contribution in [0.5, 0.6) is 0 Å². The Labute approximate surface area is 557 Å². The number of amides is 4. The fraction of sp³-hybridized carbons (Fsp3) is 0.438. The van der Waals surface area contributed by atoms with Gasteiger partial charge in [0.25, 0.3) is 17.7 Å². The van der Waals surface area contributed by atoms with E-state index < -0.39 is 58.9 Å². The third-order valence-corrected chi connectivity index (χ3v) is 19.8. The number of nitrogens with zero attached hydrogens (tertiary/aromatic N) is 5. The van der Waals surface area contributed by atoms with E-state index >= 15 is 8.78 Å². The summed E-state index contributed by atoms with van der Waals surface area (Å²) in [7, 11) is -7.67. The molecule has 2 aliphatic heterocycles. The molecule has 8 rings (SSSR count). The molecule has 0 unspecified atom stereocenters. The number of piperidine rings is 2. The van der Waals surface area contributed by atoms with Crippen LogP contribution in [0.3, 0.4) is 0 Å². The van der Waals surface area contributed by atoms with Crippen molar-refractivity contribution < 1.29 is 59.0 Å². The van der Waals surface area contributed by atoms with E-state index in [9.17, 15) is 36.0 Å². The number of hydrogen-bond acceptors (Lipinski definition) is 20. The van der Waals surface area contributed by atoms with E-state index in [-0.39, 0.29) is 121 Å². The highest BCUT2D eigenvalue weighted by molar-refractivity contribution is 7.94. The minimum atomic E-state index is -3.91. The van der Waals surface area contributed by atoms with Crippen LogP contribution in [0.25, 0.3) is 0 Å². The van der Waals surface area contributed by atoms with Gasteiger partial charge in [-0.2, -0.15) is 9.97 Å². The summed E-state index contributed by atoms with van der Waals surface area (Å²) in [6.07, 6.45) is 5.69. The van der Waals surface area contributed by atoms with Gasteiger partial charge in [-0.1, -0.05) is 11.6 Å². The number of ether oxygens (including phenoxy) is 3. The number of nitrogens with one attached hydrogen (secondary N) is 10. The topological polar surface area (TPSA) is 339 Å². The molecule has 6 aromatic rings. The molecule has 10 N–H and O–H groups in total. The van der Waals surface area contributed by atoms with Gasteiger partial charge >= 0.3 is 0 Å². The number of benzene rings is 4. The Morgan fingerprint density at radius 2 is 1.05 bits per heavy atom. The number of likely N-dealkylation sites (tertiary alicyclic amines) is 1. The number of rotatable bonds is 29. The smallest absolute Gasteiger partial charge is 0.254 e.